The number of anilines is 12. The van der Waals surface area contributed by atoms with E-state index < -0.39 is 0 Å². The van der Waals surface area contributed by atoms with Crippen LogP contribution in [0.5, 0.6) is 0 Å². The molecule has 112 heavy (non-hydrogen) atoms. The molecule has 4 aliphatic rings. The van der Waals surface area contributed by atoms with Gasteiger partial charge >= 0.3 is 0 Å². The van der Waals surface area contributed by atoms with Crippen molar-refractivity contribution in [2.24, 2.45) is 0 Å². The Morgan fingerprint density at radius 1 is 0.188 bits per heavy atom. The minimum atomic E-state index is -0.264. The van der Waals surface area contributed by atoms with Crippen LogP contribution in [0.1, 0.15) is 105 Å². The van der Waals surface area contributed by atoms with Crippen molar-refractivity contribution < 1.29 is 0 Å². The van der Waals surface area contributed by atoms with Gasteiger partial charge in [0.05, 0.1) is 11.4 Å². The van der Waals surface area contributed by atoms with E-state index in [4.69, 9.17) is 0 Å². The Morgan fingerprint density at radius 2 is 0.446 bits per heavy atom. The van der Waals surface area contributed by atoms with Crippen LogP contribution in [0.2, 0.25) is 0 Å². The first-order chi connectivity index (χ1) is 54.1. The van der Waals surface area contributed by atoms with Crippen molar-refractivity contribution in [1.29, 1.82) is 0 Å². The molecule has 0 saturated heterocycles. The topological polar surface area (TPSA) is 13.0 Å². The zero-order valence-electron chi connectivity index (χ0n) is 66.3. The van der Waals surface area contributed by atoms with Gasteiger partial charge in [0.25, 0.3) is 13.4 Å². The van der Waals surface area contributed by atoms with Crippen molar-refractivity contribution in [3.05, 3.63) is 362 Å². The number of fused-ring (bicyclic) bond motifs is 8. The molecule has 4 nitrogen and oxygen atoms in total. The Labute approximate surface area is 663 Å². The minimum absolute atomic E-state index is 0.0537. The Morgan fingerprint density at radius 3 is 0.750 bits per heavy atom. The van der Waals surface area contributed by atoms with Crippen LogP contribution in [0, 0.1) is 0 Å². The van der Waals surface area contributed by atoms with Crippen molar-refractivity contribution in [2.45, 2.75) is 105 Å². The lowest BCUT2D eigenvalue weighted by molar-refractivity contribution is 0.590. The molecule has 0 saturated carbocycles. The van der Waals surface area contributed by atoms with Crippen LogP contribution in [-0.2, 0) is 21.7 Å². The molecule has 0 unspecified atom stereocenters. The summed E-state index contributed by atoms with van der Waals surface area (Å²) in [5.74, 6) is 0. The number of hydrogen-bond acceptors (Lipinski definition) is 4. The highest BCUT2D eigenvalue weighted by molar-refractivity contribution is 7.03. The van der Waals surface area contributed by atoms with Crippen LogP contribution >= 0.6 is 0 Å². The molecule has 0 bridgehead atoms. The summed E-state index contributed by atoms with van der Waals surface area (Å²) in [6.45, 7) is 27.6. The monoisotopic (exact) mass is 1440 g/mol. The van der Waals surface area contributed by atoms with E-state index in [0.29, 0.717) is 0 Å². The lowest BCUT2D eigenvalue weighted by Crippen LogP contribution is -2.65. The van der Waals surface area contributed by atoms with E-state index in [-0.39, 0.29) is 35.1 Å². The average molecular weight is 1440 g/mol. The molecule has 542 valence electrons. The summed E-state index contributed by atoms with van der Waals surface area (Å²) in [6.07, 6.45) is 0. The molecule has 6 heteroatoms. The zero-order chi connectivity index (χ0) is 76.7. The van der Waals surface area contributed by atoms with Crippen LogP contribution in [-0.4, -0.2) is 13.4 Å². The lowest BCUT2D eigenvalue weighted by atomic mass is 9.30. The van der Waals surface area contributed by atoms with E-state index in [0.717, 1.165) is 124 Å². The highest BCUT2D eigenvalue weighted by Gasteiger charge is 2.50. The maximum absolute atomic E-state index is 2.73. The first-order valence-electron chi connectivity index (χ1n) is 40.0. The summed E-state index contributed by atoms with van der Waals surface area (Å²) in [5, 5.41) is 0. The fourth-order valence-corrected chi connectivity index (χ4v) is 18.2. The Bertz CT molecular complexity index is 6040. The molecule has 19 rings (SSSR count). The smallest absolute Gasteiger partial charge is 0.252 e. The second kappa shape index (κ2) is 26.7. The van der Waals surface area contributed by atoms with Crippen LogP contribution in [0.4, 0.5) is 68.2 Å². The quantitative estimate of drug-likeness (QED) is 0.127. The standard InChI is InChI=1S/C106H92B2N4/c1-103(2,3)77-49-55-81(56-50-77)109-91-65-79(105(7,8)9)53-59-87(91)107-90-67-89-93(68-94(90)112(98-64-75(61-95(109)99(98)107)69-33-19-13-20-34-69)102-85(73-41-27-17-28-42-73)47-32-48-86(102)74-43-29-18-30-44-74)110(82-57-51-78(52-58-82)104(4,5)6)96-62-76(70-35-21-14-22-36-70)63-97-100(96)108(89)88-60-54-80(106(10,11)12)66-92(88)111(97)101-83(71-37-23-15-24-38-71)45-31-46-84(101)72-39-25-16-26-40-72/h13-68H,1-12H3. The molecule has 0 N–H and O–H groups in total. The summed E-state index contributed by atoms with van der Waals surface area (Å²) in [6, 6.07) is 130. The van der Waals surface area contributed by atoms with Crippen molar-refractivity contribution in [2.75, 3.05) is 19.6 Å². The van der Waals surface area contributed by atoms with E-state index in [9.17, 15) is 0 Å². The third kappa shape index (κ3) is 11.8. The van der Waals surface area contributed by atoms with Crippen molar-refractivity contribution in [3.8, 4) is 66.8 Å². The van der Waals surface area contributed by atoms with Gasteiger partial charge in [-0.25, -0.2) is 0 Å². The maximum atomic E-state index is 2.73. The molecule has 0 fully saturated rings. The van der Waals surface area contributed by atoms with E-state index in [2.05, 4.69) is 442 Å². The van der Waals surface area contributed by atoms with Gasteiger partial charge in [-0.2, -0.15) is 0 Å². The normalized spacial score (nSPS) is 13.4. The lowest BCUT2D eigenvalue weighted by Gasteiger charge is -2.48. The van der Waals surface area contributed by atoms with E-state index in [1.165, 1.54) is 66.4 Å². The molecule has 15 aromatic rings. The van der Waals surface area contributed by atoms with Crippen LogP contribution < -0.4 is 52.4 Å². The highest BCUT2D eigenvalue weighted by atomic mass is 15.2. The molecule has 0 spiro atoms. The van der Waals surface area contributed by atoms with Crippen molar-refractivity contribution in [1.82, 2.24) is 0 Å². The molecule has 4 aliphatic heterocycles. The molecule has 0 amide bonds. The van der Waals surface area contributed by atoms with Gasteiger partial charge in [-0.15, -0.1) is 0 Å². The number of rotatable bonds is 10. The van der Waals surface area contributed by atoms with Gasteiger partial charge < -0.3 is 19.6 Å². The average Bonchev–Trinajstić information content (AvgIpc) is 0.679. The second-order valence-electron chi connectivity index (χ2n) is 35.3. The molecule has 4 heterocycles. The maximum Gasteiger partial charge on any atom is 0.252 e. The number of para-hydroxylation sites is 2. The molecule has 0 atom stereocenters. The van der Waals surface area contributed by atoms with Crippen molar-refractivity contribution in [3.63, 3.8) is 0 Å². The van der Waals surface area contributed by atoms with Gasteiger partial charge in [0, 0.05) is 79.1 Å². The fraction of sp³-hybridized carbons (Fsp3) is 0.151. The Balaban J connectivity index is 1.00. The van der Waals surface area contributed by atoms with Gasteiger partial charge in [0.15, 0.2) is 0 Å². The number of benzene rings is 15. The van der Waals surface area contributed by atoms with Gasteiger partial charge in [-0.1, -0.05) is 356 Å². The fourth-order valence-electron chi connectivity index (χ4n) is 18.2. The summed E-state index contributed by atoms with van der Waals surface area (Å²) in [4.78, 5) is 10.7. The second-order valence-corrected chi connectivity index (χ2v) is 35.3. The molecule has 0 aromatic heterocycles. The predicted molar refractivity (Wildman–Crippen MR) is 482 cm³/mol. The Kier molecular flexibility index (Phi) is 16.7. The van der Waals surface area contributed by atoms with E-state index in [1.807, 2.05) is 0 Å². The highest BCUT2D eigenvalue weighted by Crippen LogP contribution is 2.56. The third-order valence-electron chi connectivity index (χ3n) is 24.0. The SMILES string of the molecule is CC(C)(C)c1ccc(N2c3cc4c(cc3B3c5ccc(C(C)(C)C)cc5N(c5c(-c6ccccc6)cccc5-c5ccccc5)c5cc(-c6ccccc6)cc2c53)B2c3ccc(C(C)(C)C)cc3N(c3ccc(C(C)(C)C)cc3)c3cc(-c5ccccc5)cc(c32)N4c2c(-c3ccccc3)cccc2-c2ccccc2)cc1. The zero-order valence-corrected chi connectivity index (χ0v) is 66.3. The van der Waals surface area contributed by atoms with Gasteiger partial charge in [0.1, 0.15) is 0 Å². The third-order valence-corrected chi connectivity index (χ3v) is 24.0. The summed E-state index contributed by atoms with van der Waals surface area (Å²) in [7, 11) is 0. The van der Waals surface area contributed by atoms with Crippen LogP contribution in [0.3, 0.4) is 0 Å². The molecule has 0 aliphatic carbocycles. The number of hydrogen-bond donors (Lipinski definition) is 0. The van der Waals surface area contributed by atoms with E-state index in [1.54, 1.807) is 0 Å². The van der Waals surface area contributed by atoms with Crippen LogP contribution in [0.25, 0.3) is 66.8 Å². The van der Waals surface area contributed by atoms with Gasteiger partial charge in [-0.3, -0.25) is 0 Å². The summed E-state index contributed by atoms with van der Waals surface area (Å²) >= 11 is 0. The summed E-state index contributed by atoms with van der Waals surface area (Å²) < 4.78 is 0. The number of nitrogens with zero attached hydrogens (tertiary/aromatic N) is 4. The summed E-state index contributed by atoms with van der Waals surface area (Å²) in [5.41, 5.74) is 39.6. The van der Waals surface area contributed by atoms with Gasteiger partial charge in [-0.05, 0) is 188 Å². The molecular weight excluding hydrogens is 1350 g/mol. The van der Waals surface area contributed by atoms with Crippen LogP contribution in [0.15, 0.2) is 340 Å². The van der Waals surface area contributed by atoms with Gasteiger partial charge in [0.2, 0.25) is 0 Å². The minimum Gasteiger partial charge on any atom is -0.311 e. The largest absolute Gasteiger partial charge is 0.311 e. The molecule has 15 aromatic carbocycles. The Hall–Kier alpha value is -12.4. The van der Waals surface area contributed by atoms with E-state index >= 15 is 0 Å². The predicted octanol–water partition coefficient (Wildman–Crippen LogP) is 25.0. The molecule has 0 radical (unpaired) electrons. The van der Waals surface area contributed by atoms with Crippen molar-refractivity contribution >= 4 is 114 Å². The molecular formula is C106H92B2N4. The first-order valence-corrected chi connectivity index (χ1v) is 40.0. The first kappa shape index (κ1) is 70.0.